The highest BCUT2D eigenvalue weighted by molar-refractivity contribution is 5.69. The molecule has 0 unspecified atom stereocenters. The van der Waals surface area contributed by atoms with Crippen molar-refractivity contribution in [3.8, 4) is 0 Å². The lowest BCUT2D eigenvalue weighted by molar-refractivity contribution is -0.138. The zero-order valence-corrected chi connectivity index (χ0v) is 8.99. The van der Waals surface area contributed by atoms with E-state index in [0.29, 0.717) is 0 Å². The molecule has 1 fully saturated rings. The molecule has 0 aromatic carbocycles. The fourth-order valence-electron chi connectivity index (χ4n) is 1.37. The number of nitrogens with zero attached hydrogens (tertiary/aromatic N) is 1. The van der Waals surface area contributed by atoms with Gasteiger partial charge in [0.1, 0.15) is 0 Å². The summed E-state index contributed by atoms with van der Waals surface area (Å²) in [6.07, 6.45) is 4.63. The second-order valence-electron chi connectivity index (χ2n) is 4.31. The number of rotatable bonds is 6. The molecule has 0 radical (unpaired) electrons. The fraction of sp³-hybridized carbons (Fsp3) is 0.727. The molecule has 0 aromatic rings. The molecule has 1 rings (SSSR count). The van der Waals surface area contributed by atoms with Gasteiger partial charge in [0.15, 0.2) is 0 Å². The van der Waals surface area contributed by atoms with Crippen LogP contribution >= 0.6 is 0 Å². The minimum atomic E-state index is -0.729. The van der Waals surface area contributed by atoms with Crippen LogP contribution in [0.5, 0.6) is 0 Å². The first-order valence-electron chi connectivity index (χ1n) is 5.15. The fourth-order valence-corrected chi connectivity index (χ4v) is 1.37. The molecule has 1 N–H and O–H groups in total. The van der Waals surface area contributed by atoms with Crippen molar-refractivity contribution in [2.24, 2.45) is 5.92 Å². The van der Waals surface area contributed by atoms with Crippen LogP contribution in [0, 0.1) is 5.92 Å². The van der Waals surface area contributed by atoms with E-state index in [9.17, 15) is 4.79 Å². The van der Waals surface area contributed by atoms with E-state index in [4.69, 9.17) is 5.11 Å². The third kappa shape index (κ3) is 5.02. The topological polar surface area (TPSA) is 40.5 Å². The maximum atomic E-state index is 10.6. The van der Waals surface area contributed by atoms with E-state index < -0.39 is 5.97 Å². The molecule has 3 nitrogen and oxygen atoms in total. The van der Waals surface area contributed by atoms with E-state index in [2.05, 4.69) is 6.08 Å². The van der Waals surface area contributed by atoms with E-state index in [1.165, 1.54) is 18.4 Å². The van der Waals surface area contributed by atoms with Crippen LogP contribution in [0.15, 0.2) is 11.6 Å². The van der Waals surface area contributed by atoms with Gasteiger partial charge in [-0.05, 0) is 32.6 Å². The Balaban J connectivity index is 2.34. The van der Waals surface area contributed by atoms with E-state index in [1.807, 2.05) is 18.7 Å². The lowest BCUT2D eigenvalue weighted by atomic mass is 10.3. The first kappa shape index (κ1) is 11.2. The normalized spacial score (nSPS) is 15.6. The summed E-state index contributed by atoms with van der Waals surface area (Å²) in [5.74, 6) is 0.0210. The zero-order chi connectivity index (χ0) is 10.6. The lowest BCUT2D eigenvalue weighted by Gasteiger charge is -2.18. The first-order chi connectivity index (χ1) is 6.58. The van der Waals surface area contributed by atoms with Gasteiger partial charge in [-0.1, -0.05) is 11.6 Å². The van der Waals surface area contributed by atoms with Gasteiger partial charge in [0.05, 0.1) is 6.54 Å². The quantitative estimate of drug-likeness (QED) is 0.659. The second-order valence-corrected chi connectivity index (χ2v) is 4.31. The zero-order valence-electron chi connectivity index (χ0n) is 8.99. The molecule has 14 heavy (non-hydrogen) atoms. The maximum Gasteiger partial charge on any atom is 0.317 e. The molecule has 0 atom stereocenters. The van der Waals surface area contributed by atoms with Crippen molar-refractivity contribution >= 4 is 5.97 Å². The number of hydrogen-bond acceptors (Lipinski definition) is 2. The largest absolute Gasteiger partial charge is 0.480 e. The van der Waals surface area contributed by atoms with E-state index >= 15 is 0 Å². The average molecular weight is 197 g/mol. The highest BCUT2D eigenvalue weighted by Crippen LogP contribution is 2.29. The number of carbonyl (C=O) groups is 1. The number of carboxylic acids is 1. The Hall–Kier alpha value is -0.830. The van der Waals surface area contributed by atoms with Crippen molar-refractivity contribution in [1.29, 1.82) is 0 Å². The van der Waals surface area contributed by atoms with Crippen molar-refractivity contribution in [2.75, 3.05) is 19.6 Å². The Bertz CT molecular complexity index is 227. The van der Waals surface area contributed by atoms with Crippen molar-refractivity contribution in [1.82, 2.24) is 4.90 Å². The molecule has 3 heteroatoms. The van der Waals surface area contributed by atoms with Crippen LogP contribution in [0.1, 0.15) is 26.7 Å². The van der Waals surface area contributed by atoms with Crippen LogP contribution in [-0.2, 0) is 4.79 Å². The molecule has 1 aliphatic carbocycles. The van der Waals surface area contributed by atoms with E-state index in [0.717, 1.165) is 19.0 Å². The van der Waals surface area contributed by atoms with Gasteiger partial charge >= 0.3 is 5.97 Å². The minimum absolute atomic E-state index is 0.167. The SMILES string of the molecule is CC(C)=CCN(CC(=O)O)CC1CC1. The van der Waals surface area contributed by atoms with Crippen LogP contribution in [0.3, 0.4) is 0 Å². The predicted molar refractivity (Wildman–Crippen MR) is 56.2 cm³/mol. The average Bonchev–Trinajstić information content (AvgIpc) is 2.83. The van der Waals surface area contributed by atoms with Gasteiger partial charge in [0.25, 0.3) is 0 Å². The summed E-state index contributed by atoms with van der Waals surface area (Å²) < 4.78 is 0. The van der Waals surface area contributed by atoms with Gasteiger partial charge in [0, 0.05) is 13.1 Å². The molecule has 1 saturated carbocycles. The van der Waals surface area contributed by atoms with Gasteiger partial charge in [-0.2, -0.15) is 0 Å². The maximum absolute atomic E-state index is 10.6. The van der Waals surface area contributed by atoms with Crippen LogP contribution < -0.4 is 0 Å². The van der Waals surface area contributed by atoms with Gasteiger partial charge in [-0.3, -0.25) is 9.69 Å². The molecular formula is C11H19NO2. The standard InChI is InChI=1S/C11H19NO2/c1-9(2)5-6-12(8-11(13)14)7-10-3-4-10/h5,10H,3-4,6-8H2,1-2H3,(H,13,14). The van der Waals surface area contributed by atoms with Gasteiger partial charge in [0.2, 0.25) is 0 Å². The highest BCUT2D eigenvalue weighted by Gasteiger charge is 2.24. The van der Waals surface area contributed by atoms with Crippen molar-refractivity contribution in [3.05, 3.63) is 11.6 Å². The van der Waals surface area contributed by atoms with Crippen LogP contribution in [0.25, 0.3) is 0 Å². The van der Waals surface area contributed by atoms with Crippen LogP contribution in [0.2, 0.25) is 0 Å². The Labute approximate surface area is 85.4 Å². The predicted octanol–water partition coefficient (Wildman–Crippen LogP) is 1.75. The summed E-state index contributed by atoms with van der Waals surface area (Å²) in [5.41, 5.74) is 1.25. The van der Waals surface area contributed by atoms with Gasteiger partial charge < -0.3 is 5.11 Å². The third-order valence-electron chi connectivity index (χ3n) is 2.33. The molecule has 0 bridgehead atoms. The molecule has 0 saturated heterocycles. The van der Waals surface area contributed by atoms with E-state index in [1.54, 1.807) is 0 Å². The van der Waals surface area contributed by atoms with Gasteiger partial charge in [-0.15, -0.1) is 0 Å². The van der Waals surface area contributed by atoms with Gasteiger partial charge in [-0.25, -0.2) is 0 Å². The Morgan fingerprint density at radius 3 is 2.57 bits per heavy atom. The van der Waals surface area contributed by atoms with Crippen molar-refractivity contribution < 1.29 is 9.90 Å². The third-order valence-corrected chi connectivity index (χ3v) is 2.33. The molecule has 0 amide bonds. The lowest BCUT2D eigenvalue weighted by Crippen LogP contribution is -2.31. The summed E-state index contributed by atoms with van der Waals surface area (Å²) in [4.78, 5) is 12.6. The highest BCUT2D eigenvalue weighted by atomic mass is 16.4. The molecule has 0 aliphatic heterocycles. The molecule has 1 aliphatic rings. The molecule has 0 aromatic heterocycles. The number of carboxylic acid groups (broad SMARTS) is 1. The Kier molecular flexibility index (Phi) is 4.14. The Morgan fingerprint density at radius 1 is 1.50 bits per heavy atom. The molecule has 80 valence electrons. The number of allylic oxidation sites excluding steroid dienone is 1. The smallest absolute Gasteiger partial charge is 0.317 e. The summed E-state index contributed by atoms with van der Waals surface area (Å²) in [5, 5.41) is 8.72. The molecular weight excluding hydrogens is 178 g/mol. The summed E-state index contributed by atoms with van der Waals surface area (Å²) in [6.45, 7) is 5.95. The number of hydrogen-bond donors (Lipinski definition) is 1. The summed E-state index contributed by atoms with van der Waals surface area (Å²) >= 11 is 0. The van der Waals surface area contributed by atoms with E-state index in [-0.39, 0.29) is 6.54 Å². The first-order valence-corrected chi connectivity index (χ1v) is 5.15. The Morgan fingerprint density at radius 2 is 2.14 bits per heavy atom. The van der Waals surface area contributed by atoms with Crippen molar-refractivity contribution in [3.63, 3.8) is 0 Å². The summed E-state index contributed by atoms with van der Waals surface area (Å²) in [7, 11) is 0. The van der Waals surface area contributed by atoms with Crippen LogP contribution in [0.4, 0.5) is 0 Å². The van der Waals surface area contributed by atoms with Crippen LogP contribution in [-0.4, -0.2) is 35.6 Å². The molecule has 0 spiro atoms. The minimum Gasteiger partial charge on any atom is -0.480 e. The molecule has 0 heterocycles. The monoisotopic (exact) mass is 197 g/mol. The second kappa shape index (κ2) is 5.15. The van der Waals surface area contributed by atoms with Crippen molar-refractivity contribution in [2.45, 2.75) is 26.7 Å². The number of aliphatic carboxylic acids is 1. The summed E-state index contributed by atoms with van der Waals surface area (Å²) in [6, 6.07) is 0.